The van der Waals surface area contributed by atoms with Crippen molar-refractivity contribution in [3.63, 3.8) is 0 Å². The molecule has 2 rings (SSSR count). The van der Waals surface area contributed by atoms with Gasteiger partial charge in [-0.2, -0.15) is 5.10 Å². The van der Waals surface area contributed by atoms with Crippen LogP contribution in [0.15, 0.2) is 0 Å². The summed E-state index contributed by atoms with van der Waals surface area (Å²) < 4.78 is 7.04. The SMILES string of the molecule is COCCNC(=O)c1nn(CCC(C)C)c2c1CCCC2. The predicted molar refractivity (Wildman–Crippen MR) is 82.5 cm³/mol. The van der Waals surface area contributed by atoms with E-state index in [-0.39, 0.29) is 5.91 Å². The zero-order chi connectivity index (χ0) is 15.2. The lowest BCUT2D eigenvalue weighted by Crippen LogP contribution is -2.28. The highest BCUT2D eigenvalue weighted by molar-refractivity contribution is 5.94. The second kappa shape index (κ2) is 7.59. The lowest BCUT2D eigenvalue weighted by molar-refractivity contribution is 0.0930. The first-order chi connectivity index (χ1) is 10.1. The molecule has 5 heteroatoms. The first kappa shape index (κ1) is 16.0. The molecular weight excluding hydrogens is 266 g/mol. The maximum atomic E-state index is 12.3. The van der Waals surface area contributed by atoms with E-state index < -0.39 is 0 Å². The van der Waals surface area contributed by atoms with Crippen molar-refractivity contribution in [2.24, 2.45) is 5.92 Å². The third-order valence-corrected chi connectivity index (χ3v) is 3.98. The van der Waals surface area contributed by atoms with E-state index in [0.29, 0.717) is 24.8 Å². The van der Waals surface area contributed by atoms with Crippen LogP contribution in [0, 0.1) is 5.92 Å². The topological polar surface area (TPSA) is 56.1 Å². The summed E-state index contributed by atoms with van der Waals surface area (Å²) in [5.41, 5.74) is 3.07. The number of amides is 1. The van der Waals surface area contributed by atoms with E-state index in [4.69, 9.17) is 4.74 Å². The van der Waals surface area contributed by atoms with Gasteiger partial charge in [0.05, 0.1) is 6.61 Å². The van der Waals surface area contributed by atoms with Gasteiger partial charge in [-0.3, -0.25) is 9.48 Å². The number of carbonyl (C=O) groups excluding carboxylic acids is 1. The van der Waals surface area contributed by atoms with Crippen molar-refractivity contribution >= 4 is 5.91 Å². The predicted octanol–water partition coefficient (Wildman–Crippen LogP) is 2.18. The van der Waals surface area contributed by atoms with Gasteiger partial charge in [0.15, 0.2) is 5.69 Å². The van der Waals surface area contributed by atoms with Crippen LogP contribution in [0.1, 0.15) is 54.9 Å². The second-order valence-electron chi connectivity index (χ2n) is 6.14. The Morgan fingerprint density at radius 3 is 2.86 bits per heavy atom. The second-order valence-corrected chi connectivity index (χ2v) is 6.14. The van der Waals surface area contributed by atoms with Gasteiger partial charge in [-0.05, 0) is 38.0 Å². The molecular formula is C16H27N3O2. The summed E-state index contributed by atoms with van der Waals surface area (Å²) in [6.45, 7) is 6.40. The third-order valence-electron chi connectivity index (χ3n) is 3.98. The van der Waals surface area contributed by atoms with Gasteiger partial charge in [0, 0.05) is 31.5 Å². The Morgan fingerprint density at radius 2 is 2.14 bits per heavy atom. The number of aryl methyl sites for hydroxylation is 1. The Morgan fingerprint density at radius 1 is 1.38 bits per heavy atom. The lowest BCUT2D eigenvalue weighted by atomic mass is 9.95. The number of nitrogens with zero attached hydrogens (tertiary/aromatic N) is 2. The van der Waals surface area contributed by atoms with E-state index in [9.17, 15) is 4.79 Å². The number of fused-ring (bicyclic) bond motifs is 1. The molecule has 0 fully saturated rings. The molecule has 0 bridgehead atoms. The first-order valence-electron chi connectivity index (χ1n) is 7.99. The molecule has 0 aromatic carbocycles. The zero-order valence-electron chi connectivity index (χ0n) is 13.4. The van der Waals surface area contributed by atoms with Crippen molar-refractivity contribution in [2.75, 3.05) is 20.3 Å². The van der Waals surface area contributed by atoms with Gasteiger partial charge in [-0.25, -0.2) is 0 Å². The molecule has 1 amide bonds. The van der Waals surface area contributed by atoms with Crippen molar-refractivity contribution in [3.8, 4) is 0 Å². The number of hydrogen-bond acceptors (Lipinski definition) is 3. The van der Waals surface area contributed by atoms with Crippen LogP contribution in [0.2, 0.25) is 0 Å². The van der Waals surface area contributed by atoms with Crippen LogP contribution < -0.4 is 5.32 Å². The fourth-order valence-electron chi connectivity index (χ4n) is 2.77. The summed E-state index contributed by atoms with van der Waals surface area (Å²) in [4.78, 5) is 12.3. The van der Waals surface area contributed by atoms with Crippen LogP contribution in [0.3, 0.4) is 0 Å². The first-order valence-corrected chi connectivity index (χ1v) is 7.99. The van der Waals surface area contributed by atoms with Crippen molar-refractivity contribution in [1.29, 1.82) is 0 Å². The van der Waals surface area contributed by atoms with Gasteiger partial charge >= 0.3 is 0 Å². The molecule has 1 aromatic rings. The largest absolute Gasteiger partial charge is 0.383 e. The van der Waals surface area contributed by atoms with Crippen LogP contribution >= 0.6 is 0 Å². The van der Waals surface area contributed by atoms with Crippen molar-refractivity contribution < 1.29 is 9.53 Å². The Bertz CT molecular complexity index is 480. The van der Waals surface area contributed by atoms with E-state index in [1.165, 1.54) is 17.7 Å². The number of carbonyl (C=O) groups is 1. The number of methoxy groups -OCH3 is 1. The molecule has 0 radical (unpaired) electrons. The Hall–Kier alpha value is -1.36. The molecule has 0 saturated carbocycles. The Kier molecular flexibility index (Phi) is 5.79. The minimum absolute atomic E-state index is 0.0616. The average Bonchev–Trinajstić information content (AvgIpc) is 2.84. The summed E-state index contributed by atoms with van der Waals surface area (Å²) in [5.74, 6) is 0.584. The number of hydrogen-bond donors (Lipinski definition) is 1. The van der Waals surface area contributed by atoms with E-state index in [2.05, 4.69) is 28.9 Å². The molecule has 1 heterocycles. The van der Waals surface area contributed by atoms with E-state index in [1.807, 2.05) is 0 Å². The average molecular weight is 293 g/mol. The maximum absolute atomic E-state index is 12.3. The summed E-state index contributed by atoms with van der Waals surface area (Å²) in [7, 11) is 1.63. The Labute approximate surface area is 127 Å². The molecule has 21 heavy (non-hydrogen) atoms. The third kappa shape index (κ3) is 4.06. The number of nitrogens with one attached hydrogen (secondary N) is 1. The van der Waals surface area contributed by atoms with Crippen LogP contribution in [-0.4, -0.2) is 35.9 Å². The van der Waals surface area contributed by atoms with Gasteiger partial charge in [-0.1, -0.05) is 13.8 Å². The fourth-order valence-corrected chi connectivity index (χ4v) is 2.77. The molecule has 1 aliphatic rings. The van der Waals surface area contributed by atoms with Crippen molar-refractivity contribution in [1.82, 2.24) is 15.1 Å². The molecule has 0 aliphatic heterocycles. The van der Waals surface area contributed by atoms with Gasteiger partial charge in [0.2, 0.25) is 0 Å². The Balaban J connectivity index is 2.14. The quantitative estimate of drug-likeness (QED) is 0.784. The molecule has 0 saturated heterocycles. The van der Waals surface area contributed by atoms with Crippen molar-refractivity contribution in [3.05, 3.63) is 17.0 Å². The smallest absolute Gasteiger partial charge is 0.272 e. The van der Waals surface area contributed by atoms with Crippen LogP contribution in [0.25, 0.3) is 0 Å². The summed E-state index contributed by atoms with van der Waals surface area (Å²) in [5, 5.41) is 7.49. The molecule has 0 atom stereocenters. The van der Waals surface area contributed by atoms with E-state index >= 15 is 0 Å². The summed E-state index contributed by atoms with van der Waals surface area (Å²) >= 11 is 0. The molecule has 1 aromatic heterocycles. The highest BCUT2D eigenvalue weighted by Gasteiger charge is 2.24. The highest BCUT2D eigenvalue weighted by atomic mass is 16.5. The lowest BCUT2D eigenvalue weighted by Gasteiger charge is -2.14. The fraction of sp³-hybridized carbons (Fsp3) is 0.750. The van der Waals surface area contributed by atoms with Crippen molar-refractivity contribution in [2.45, 2.75) is 52.5 Å². The van der Waals surface area contributed by atoms with Crippen LogP contribution in [-0.2, 0) is 24.1 Å². The van der Waals surface area contributed by atoms with Crippen LogP contribution in [0.4, 0.5) is 0 Å². The molecule has 118 valence electrons. The molecule has 0 spiro atoms. The molecule has 0 unspecified atom stereocenters. The zero-order valence-corrected chi connectivity index (χ0v) is 13.4. The molecule has 1 N–H and O–H groups in total. The summed E-state index contributed by atoms with van der Waals surface area (Å²) in [6.07, 6.45) is 5.47. The van der Waals surface area contributed by atoms with Gasteiger partial charge in [-0.15, -0.1) is 0 Å². The number of aromatic nitrogens is 2. The van der Waals surface area contributed by atoms with E-state index in [0.717, 1.165) is 32.2 Å². The van der Waals surface area contributed by atoms with E-state index in [1.54, 1.807) is 7.11 Å². The van der Waals surface area contributed by atoms with Crippen LogP contribution in [0.5, 0.6) is 0 Å². The molecule has 1 aliphatic carbocycles. The maximum Gasteiger partial charge on any atom is 0.272 e. The monoisotopic (exact) mass is 293 g/mol. The summed E-state index contributed by atoms with van der Waals surface area (Å²) in [6, 6.07) is 0. The minimum Gasteiger partial charge on any atom is -0.383 e. The standard InChI is InChI=1S/C16H27N3O2/c1-12(2)8-10-19-14-7-5-4-6-13(14)15(18-19)16(20)17-9-11-21-3/h12H,4-11H2,1-3H3,(H,17,20). The normalized spacial score (nSPS) is 14.3. The highest BCUT2D eigenvalue weighted by Crippen LogP contribution is 2.25. The minimum atomic E-state index is -0.0616. The number of ether oxygens (including phenoxy) is 1. The van der Waals surface area contributed by atoms with Gasteiger partial charge < -0.3 is 10.1 Å². The van der Waals surface area contributed by atoms with Gasteiger partial charge in [0.25, 0.3) is 5.91 Å². The molecule has 5 nitrogen and oxygen atoms in total. The van der Waals surface area contributed by atoms with Gasteiger partial charge in [0.1, 0.15) is 0 Å². The number of rotatable bonds is 7.